The highest BCUT2D eigenvalue weighted by atomic mass is 16.2. The second-order valence-electron chi connectivity index (χ2n) is 6.01. The van der Waals surface area contributed by atoms with Crippen molar-refractivity contribution in [3.8, 4) is 0 Å². The number of rotatable bonds is 5. The van der Waals surface area contributed by atoms with E-state index in [1.165, 1.54) is 11.1 Å². The van der Waals surface area contributed by atoms with E-state index in [-0.39, 0.29) is 17.4 Å². The summed E-state index contributed by atoms with van der Waals surface area (Å²) in [6.45, 7) is 8.08. The number of carbonyl (C=O) groups excluding carboxylic acids is 1. The van der Waals surface area contributed by atoms with Gasteiger partial charge < -0.3 is 10.6 Å². The van der Waals surface area contributed by atoms with E-state index in [1.54, 1.807) is 0 Å². The first-order chi connectivity index (χ1) is 9.59. The molecule has 0 aliphatic carbocycles. The zero-order valence-electron chi connectivity index (χ0n) is 12.8. The quantitative estimate of drug-likeness (QED) is 0.866. The van der Waals surface area contributed by atoms with Crippen LogP contribution in [0.5, 0.6) is 0 Å². The number of nitrogens with one attached hydrogen (secondary N) is 2. The standard InChI is InChI=1S/C17H26N2O/c1-4-9-17(10-11-18-12-17)16(20)19-14(3)15-8-6-5-7-13(15)2/h5-8,14,18H,4,9-12H2,1-3H3,(H,19,20)/t14-,17?/m1/s1. The highest BCUT2D eigenvalue weighted by Crippen LogP contribution is 2.32. The van der Waals surface area contributed by atoms with Crippen molar-refractivity contribution in [3.63, 3.8) is 0 Å². The van der Waals surface area contributed by atoms with E-state index in [1.807, 2.05) is 12.1 Å². The molecule has 1 unspecified atom stereocenters. The van der Waals surface area contributed by atoms with Gasteiger partial charge in [-0.05, 0) is 44.4 Å². The molecule has 1 fully saturated rings. The number of amides is 1. The molecular formula is C17H26N2O. The lowest BCUT2D eigenvalue weighted by Crippen LogP contribution is -2.43. The lowest BCUT2D eigenvalue weighted by Gasteiger charge is -2.29. The molecule has 0 radical (unpaired) electrons. The topological polar surface area (TPSA) is 41.1 Å². The molecule has 20 heavy (non-hydrogen) atoms. The molecule has 0 bridgehead atoms. The molecule has 2 rings (SSSR count). The van der Waals surface area contributed by atoms with Crippen molar-refractivity contribution < 1.29 is 4.79 Å². The SMILES string of the molecule is CCCC1(C(=O)N[C@H](C)c2ccccc2C)CCNC1. The summed E-state index contributed by atoms with van der Waals surface area (Å²) in [5.74, 6) is 0.208. The van der Waals surface area contributed by atoms with Gasteiger partial charge in [-0.2, -0.15) is 0 Å². The Kier molecular flexibility index (Phi) is 4.81. The predicted octanol–water partition coefficient (Wildman–Crippen LogP) is 2.95. The minimum atomic E-state index is -0.203. The van der Waals surface area contributed by atoms with Crippen molar-refractivity contribution in [2.75, 3.05) is 13.1 Å². The molecule has 1 amide bonds. The first-order valence-corrected chi connectivity index (χ1v) is 7.66. The van der Waals surface area contributed by atoms with Gasteiger partial charge in [0.05, 0.1) is 11.5 Å². The van der Waals surface area contributed by atoms with Gasteiger partial charge in [0.1, 0.15) is 0 Å². The van der Waals surface area contributed by atoms with Crippen molar-refractivity contribution >= 4 is 5.91 Å². The van der Waals surface area contributed by atoms with Crippen LogP contribution in [-0.4, -0.2) is 19.0 Å². The number of aryl methyl sites for hydroxylation is 1. The Balaban J connectivity index is 2.08. The van der Waals surface area contributed by atoms with Crippen LogP contribution in [0.2, 0.25) is 0 Å². The first-order valence-electron chi connectivity index (χ1n) is 7.66. The highest BCUT2D eigenvalue weighted by molar-refractivity contribution is 5.83. The van der Waals surface area contributed by atoms with Crippen LogP contribution in [0.1, 0.15) is 50.3 Å². The Bertz CT molecular complexity index is 464. The van der Waals surface area contributed by atoms with Crippen molar-refractivity contribution in [3.05, 3.63) is 35.4 Å². The van der Waals surface area contributed by atoms with Gasteiger partial charge in [0.15, 0.2) is 0 Å². The summed E-state index contributed by atoms with van der Waals surface area (Å²) < 4.78 is 0. The van der Waals surface area contributed by atoms with Gasteiger partial charge in [0, 0.05) is 6.54 Å². The van der Waals surface area contributed by atoms with Crippen LogP contribution >= 0.6 is 0 Å². The molecule has 2 N–H and O–H groups in total. The largest absolute Gasteiger partial charge is 0.349 e. The summed E-state index contributed by atoms with van der Waals surface area (Å²) in [6, 6.07) is 8.32. The van der Waals surface area contributed by atoms with Crippen LogP contribution < -0.4 is 10.6 Å². The smallest absolute Gasteiger partial charge is 0.228 e. The Hall–Kier alpha value is -1.35. The maximum Gasteiger partial charge on any atom is 0.228 e. The molecule has 1 aromatic carbocycles. The van der Waals surface area contributed by atoms with Gasteiger partial charge in [-0.25, -0.2) is 0 Å². The zero-order chi connectivity index (χ0) is 14.6. The van der Waals surface area contributed by atoms with Crippen LogP contribution in [-0.2, 0) is 4.79 Å². The second-order valence-corrected chi connectivity index (χ2v) is 6.01. The summed E-state index contributed by atoms with van der Waals surface area (Å²) in [5.41, 5.74) is 2.24. The van der Waals surface area contributed by atoms with Crippen molar-refractivity contribution in [1.82, 2.24) is 10.6 Å². The summed E-state index contributed by atoms with van der Waals surface area (Å²) in [5, 5.41) is 6.57. The van der Waals surface area contributed by atoms with Crippen LogP contribution in [0.15, 0.2) is 24.3 Å². The molecule has 0 aromatic heterocycles. The molecule has 1 aliphatic rings. The molecule has 0 spiro atoms. The van der Waals surface area contributed by atoms with Crippen molar-refractivity contribution in [2.24, 2.45) is 5.41 Å². The van der Waals surface area contributed by atoms with Gasteiger partial charge >= 0.3 is 0 Å². The molecule has 1 heterocycles. The second kappa shape index (κ2) is 6.40. The average Bonchev–Trinajstić information content (AvgIpc) is 2.89. The Morgan fingerprint density at radius 2 is 2.20 bits per heavy atom. The third kappa shape index (κ3) is 3.04. The number of hydrogen-bond donors (Lipinski definition) is 2. The Labute approximate surface area is 122 Å². The van der Waals surface area contributed by atoms with E-state index in [4.69, 9.17) is 0 Å². The van der Waals surface area contributed by atoms with Crippen molar-refractivity contribution in [1.29, 1.82) is 0 Å². The van der Waals surface area contributed by atoms with E-state index >= 15 is 0 Å². The van der Waals surface area contributed by atoms with E-state index < -0.39 is 0 Å². The average molecular weight is 274 g/mol. The molecule has 3 heteroatoms. The van der Waals surface area contributed by atoms with E-state index in [0.29, 0.717) is 0 Å². The Morgan fingerprint density at radius 1 is 1.45 bits per heavy atom. The minimum absolute atomic E-state index is 0.0676. The molecule has 0 saturated carbocycles. The molecule has 1 aliphatic heterocycles. The number of hydrogen-bond acceptors (Lipinski definition) is 2. The van der Waals surface area contributed by atoms with Gasteiger partial charge in [0.25, 0.3) is 0 Å². The molecule has 2 atom stereocenters. The molecule has 110 valence electrons. The minimum Gasteiger partial charge on any atom is -0.349 e. The summed E-state index contributed by atoms with van der Waals surface area (Å²) >= 11 is 0. The highest BCUT2D eigenvalue weighted by Gasteiger charge is 2.40. The van der Waals surface area contributed by atoms with Crippen LogP contribution in [0.25, 0.3) is 0 Å². The third-order valence-corrected chi connectivity index (χ3v) is 4.46. The van der Waals surface area contributed by atoms with Crippen LogP contribution in [0.4, 0.5) is 0 Å². The van der Waals surface area contributed by atoms with Crippen molar-refractivity contribution in [2.45, 2.75) is 46.1 Å². The van der Waals surface area contributed by atoms with Gasteiger partial charge in [0.2, 0.25) is 5.91 Å². The fourth-order valence-electron chi connectivity index (χ4n) is 3.24. The first kappa shape index (κ1) is 15.0. The van der Waals surface area contributed by atoms with Gasteiger partial charge in [-0.3, -0.25) is 4.79 Å². The summed E-state index contributed by atoms with van der Waals surface area (Å²) in [6.07, 6.45) is 2.97. The molecule has 1 aromatic rings. The third-order valence-electron chi connectivity index (χ3n) is 4.46. The summed E-state index contributed by atoms with van der Waals surface area (Å²) in [7, 11) is 0. The van der Waals surface area contributed by atoms with E-state index in [9.17, 15) is 4.79 Å². The molecular weight excluding hydrogens is 248 g/mol. The molecule has 3 nitrogen and oxygen atoms in total. The van der Waals surface area contributed by atoms with E-state index in [2.05, 4.69) is 43.5 Å². The van der Waals surface area contributed by atoms with Crippen LogP contribution in [0, 0.1) is 12.3 Å². The van der Waals surface area contributed by atoms with Gasteiger partial charge in [-0.1, -0.05) is 37.6 Å². The summed E-state index contributed by atoms with van der Waals surface area (Å²) in [4.78, 5) is 12.7. The molecule has 1 saturated heterocycles. The normalized spacial score (nSPS) is 23.6. The fraction of sp³-hybridized carbons (Fsp3) is 0.588. The fourth-order valence-corrected chi connectivity index (χ4v) is 3.24. The monoisotopic (exact) mass is 274 g/mol. The maximum absolute atomic E-state index is 12.7. The number of carbonyl (C=O) groups is 1. The Morgan fingerprint density at radius 3 is 2.80 bits per heavy atom. The van der Waals surface area contributed by atoms with Gasteiger partial charge in [-0.15, -0.1) is 0 Å². The van der Waals surface area contributed by atoms with E-state index in [0.717, 1.165) is 32.4 Å². The lowest BCUT2D eigenvalue weighted by atomic mass is 9.81. The maximum atomic E-state index is 12.7. The zero-order valence-corrected chi connectivity index (χ0v) is 12.8. The predicted molar refractivity (Wildman–Crippen MR) is 82.6 cm³/mol. The number of benzene rings is 1. The van der Waals surface area contributed by atoms with Crippen LogP contribution in [0.3, 0.4) is 0 Å². The lowest BCUT2D eigenvalue weighted by molar-refractivity contribution is -0.131.